The maximum atomic E-state index is 12.7. The fourth-order valence-electron chi connectivity index (χ4n) is 1.42. The van der Waals surface area contributed by atoms with Crippen molar-refractivity contribution in [2.24, 2.45) is 5.73 Å². The number of benzene rings is 1. The van der Waals surface area contributed by atoms with E-state index in [1.807, 2.05) is 0 Å². The van der Waals surface area contributed by atoms with Crippen LogP contribution >= 0.6 is 0 Å². The minimum absolute atomic E-state index is 0.0390. The second-order valence-electron chi connectivity index (χ2n) is 4.49. The Morgan fingerprint density at radius 1 is 0.667 bits per heavy atom. The first-order valence-corrected chi connectivity index (χ1v) is 5.22. The van der Waals surface area contributed by atoms with E-state index in [0.29, 0.717) is 6.92 Å². The van der Waals surface area contributed by atoms with Crippen LogP contribution in [-0.2, 0) is 17.9 Å². The molecule has 0 spiro atoms. The molecule has 0 fully saturated rings. The minimum atomic E-state index is -5.24. The molecule has 1 aromatic rings. The summed E-state index contributed by atoms with van der Waals surface area (Å²) >= 11 is 0. The molecule has 1 aromatic carbocycles. The predicted molar refractivity (Wildman–Crippen MR) is 54.0 cm³/mol. The molecule has 120 valence electrons. The second kappa shape index (κ2) is 4.79. The largest absolute Gasteiger partial charge is 0.416 e. The van der Waals surface area contributed by atoms with Gasteiger partial charge in [0.2, 0.25) is 0 Å². The number of halogens is 9. The van der Waals surface area contributed by atoms with E-state index in [1.54, 1.807) is 0 Å². The van der Waals surface area contributed by atoms with Crippen LogP contribution in [0.4, 0.5) is 39.5 Å². The summed E-state index contributed by atoms with van der Waals surface area (Å²) in [5, 5.41) is 0. The van der Waals surface area contributed by atoms with Gasteiger partial charge in [-0.05, 0) is 30.7 Å². The summed E-state index contributed by atoms with van der Waals surface area (Å²) in [6.45, 7) is 0.294. The average Bonchev–Trinajstić information content (AvgIpc) is 2.24. The molecule has 10 heteroatoms. The SMILES string of the molecule is CC(N)(c1cc(C(F)(F)F)cc(C(F)(F)F)c1)C(F)(F)F. The Labute approximate surface area is 112 Å². The summed E-state index contributed by atoms with van der Waals surface area (Å²) in [6.07, 6.45) is -15.7. The van der Waals surface area contributed by atoms with Crippen molar-refractivity contribution in [1.82, 2.24) is 0 Å². The van der Waals surface area contributed by atoms with Gasteiger partial charge in [0, 0.05) is 0 Å². The Kier molecular flexibility index (Phi) is 4.01. The van der Waals surface area contributed by atoms with Crippen LogP contribution in [0.15, 0.2) is 18.2 Å². The summed E-state index contributed by atoms with van der Waals surface area (Å²) in [6, 6.07) is -0.346. The van der Waals surface area contributed by atoms with Gasteiger partial charge in [0.05, 0.1) is 11.1 Å². The molecule has 0 aliphatic rings. The van der Waals surface area contributed by atoms with Gasteiger partial charge in [0.25, 0.3) is 0 Å². The van der Waals surface area contributed by atoms with E-state index in [9.17, 15) is 39.5 Å². The highest BCUT2D eigenvalue weighted by atomic mass is 19.4. The standard InChI is InChI=1S/C11H8F9N/c1-8(21,11(18,19)20)5-2-6(9(12,13)14)4-7(3-5)10(15,16)17/h2-4H,21H2,1H3. The lowest BCUT2D eigenvalue weighted by molar-refractivity contribution is -0.184. The summed E-state index contributed by atoms with van der Waals surface area (Å²) < 4.78 is 113. The molecular weight excluding hydrogens is 317 g/mol. The van der Waals surface area contributed by atoms with Gasteiger partial charge in [0.1, 0.15) is 5.54 Å². The van der Waals surface area contributed by atoms with Gasteiger partial charge in [-0.2, -0.15) is 39.5 Å². The quantitative estimate of drug-likeness (QED) is 0.758. The third-order valence-corrected chi connectivity index (χ3v) is 2.78. The molecule has 21 heavy (non-hydrogen) atoms. The first-order valence-electron chi connectivity index (χ1n) is 5.22. The van der Waals surface area contributed by atoms with E-state index in [-0.39, 0.29) is 18.2 Å². The van der Waals surface area contributed by atoms with Crippen LogP contribution in [0, 0.1) is 0 Å². The highest BCUT2D eigenvalue weighted by Gasteiger charge is 2.51. The topological polar surface area (TPSA) is 26.0 Å². The molecular formula is C11H8F9N. The fourth-order valence-corrected chi connectivity index (χ4v) is 1.42. The van der Waals surface area contributed by atoms with E-state index < -0.39 is 40.8 Å². The Hall–Kier alpha value is -1.45. The highest BCUT2D eigenvalue weighted by Crippen LogP contribution is 2.42. The van der Waals surface area contributed by atoms with Crippen molar-refractivity contribution >= 4 is 0 Å². The lowest BCUT2D eigenvalue weighted by atomic mass is 9.89. The summed E-state index contributed by atoms with van der Waals surface area (Å²) in [4.78, 5) is 0. The van der Waals surface area contributed by atoms with E-state index >= 15 is 0 Å². The molecule has 0 radical (unpaired) electrons. The first-order chi connectivity index (χ1) is 9.07. The van der Waals surface area contributed by atoms with Crippen LogP contribution in [0.1, 0.15) is 23.6 Å². The Bertz CT molecular complexity index is 490. The molecule has 0 aliphatic heterocycles. The highest BCUT2D eigenvalue weighted by molar-refractivity contribution is 5.37. The first kappa shape index (κ1) is 17.6. The van der Waals surface area contributed by atoms with Crippen LogP contribution < -0.4 is 5.73 Å². The van der Waals surface area contributed by atoms with Gasteiger partial charge in [-0.15, -0.1) is 0 Å². The third-order valence-electron chi connectivity index (χ3n) is 2.78. The van der Waals surface area contributed by atoms with Crippen molar-refractivity contribution in [3.8, 4) is 0 Å². The Morgan fingerprint density at radius 3 is 1.19 bits per heavy atom. The van der Waals surface area contributed by atoms with Crippen molar-refractivity contribution in [3.05, 3.63) is 34.9 Å². The maximum absolute atomic E-state index is 12.7. The van der Waals surface area contributed by atoms with Gasteiger partial charge < -0.3 is 5.73 Å². The molecule has 1 rings (SSSR count). The normalized spacial score (nSPS) is 16.7. The zero-order valence-electron chi connectivity index (χ0n) is 10.2. The second-order valence-corrected chi connectivity index (χ2v) is 4.49. The van der Waals surface area contributed by atoms with Gasteiger partial charge in [-0.25, -0.2) is 0 Å². The van der Waals surface area contributed by atoms with Crippen LogP contribution in [-0.4, -0.2) is 6.18 Å². The van der Waals surface area contributed by atoms with Gasteiger partial charge >= 0.3 is 18.5 Å². The van der Waals surface area contributed by atoms with Gasteiger partial charge in [-0.1, -0.05) is 0 Å². The molecule has 0 aliphatic carbocycles. The van der Waals surface area contributed by atoms with Crippen LogP contribution in [0.2, 0.25) is 0 Å². The van der Waals surface area contributed by atoms with E-state index in [4.69, 9.17) is 5.73 Å². The number of rotatable bonds is 1. The molecule has 0 saturated heterocycles. The Balaban J connectivity index is 3.61. The molecule has 2 N–H and O–H groups in total. The molecule has 0 amide bonds. The molecule has 0 saturated carbocycles. The van der Waals surface area contributed by atoms with Crippen LogP contribution in [0.3, 0.4) is 0 Å². The zero-order valence-corrected chi connectivity index (χ0v) is 10.2. The average molecular weight is 325 g/mol. The Morgan fingerprint density at radius 2 is 0.952 bits per heavy atom. The van der Waals surface area contributed by atoms with Gasteiger partial charge in [-0.3, -0.25) is 0 Å². The lowest BCUT2D eigenvalue weighted by Crippen LogP contribution is -2.47. The molecule has 1 unspecified atom stereocenters. The van der Waals surface area contributed by atoms with E-state index in [2.05, 4.69) is 0 Å². The van der Waals surface area contributed by atoms with Crippen molar-refractivity contribution in [2.75, 3.05) is 0 Å². The van der Waals surface area contributed by atoms with Crippen molar-refractivity contribution < 1.29 is 39.5 Å². The fraction of sp³-hybridized carbons (Fsp3) is 0.455. The van der Waals surface area contributed by atoms with Crippen molar-refractivity contribution in [2.45, 2.75) is 31.0 Å². The molecule has 1 nitrogen and oxygen atoms in total. The van der Waals surface area contributed by atoms with Crippen LogP contribution in [0.5, 0.6) is 0 Å². The van der Waals surface area contributed by atoms with Gasteiger partial charge in [0.15, 0.2) is 0 Å². The zero-order chi connectivity index (χ0) is 16.9. The van der Waals surface area contributed by atoms with Crippen LogP contribution in [0.25, 0.3) is 0 Å². The monoisotopic (exact) mass is 325 g/mol. The van der Waals surface area contributed by atoms with Crippen molar-refractivity contribution in [3.63, 3.8) is 0 Å². The molecule has 0 aromatic heterocycles. The summed E-state index contributed by atoms with van der Waals surface area (Å²) in [5.74, 6) is 0. The summed E-state index contributed by atoms with van der Waals surface area (Å²) in [7, 11) is 0. The van der Waals surface area contributed by atoms with Crippen molar-refractivity contribution in [1.29, 1.82) is 0 Å². The lowest BCUT2D eigenvalue weighted by Gasteiger charge is -2.29. The molecule has 0 heterocycles. The number of hydrogen-bond acceptors (Lipinski definition) is 1. The number of hydrogen-bond donors (Lipinski definition) is 1. The maximum Gasteiger partial charge on any atom is 0.416 e. The third kappa shape index (κ3) is 3.60. The molecule has 0 bridgehead atoms. The molecule has 1 atom stereocenters. The number of alkyl halides is 9. The van der Waals surface area contributed by atoms with E-state index in [1.165, 1.54) is 0 Å². The predicted octanol–water partition coefficient (Wildman–Crippen LogP) is 4.46. The minimum Gasteiger partial charge on any atom is -0.314 e. The van der Waals surface area contributed by atoms with E-state index in [0.717, 1.165) is 0 Å². The number of nitrogens with two attached hydrogens (primary N) is 1. The summed E-state index contributed by atoms with van der Waals surface area (Å²) in [5.41, 5.74) is -3.50. The smallest absolute Gasteiger partial charge is 0.314 e.